The largest absolute Gasteiger partial charge is 0.480 e. The van der Waals surface area contributed by atoms with Crippen molar-refractivity contribution in [3.8, 4) is 6.07 Å². The zero-order valence-electron chi connectivity index (χ0n) is 13.3. The lowest BCUT2D eigenvalue weighted by atomic mass is 10.2. The molecule has 0 spiro atoms. The van der Waals surface area contributed by atoms with Crippen molar-refractivity contribution < 1.29 is 14.7 Å². The van der Waals surface area contributed by atoms with Crippen molar-refractivity contribution in [2.24, 2.45) is 0 Å². The molecule has 0 aliphatic heterocycles. The van der Waals surface area contributed by atoms with Crippen molar-refractivity contribution in [3.05, 3.63) is 11.8 Å². The van der Waals surface area contributed by atoms with E-state index < -0.39 is 17.9 Å². The predicted octanol–water partition coefficient (Wildman–Crippen LogP) is 0.258. The summed E-state index contributed by atoms with van der Waals surface area (Å²) < 4.78 is 0. The zero-order valence-corrected chi connectivity index (χ0v) is 14.1. The fraction of sp³-hybridized carbons (Fsp3) is 0.643. The Balaban J connectivity index is 4.43. The lowest BCUT2D eigenvalue weighted by molar-refractivity contribution is -0.141. The molecular weight excluding hydrogens is 304 g/mol. The third-order valence-corrected chi connectivity index (χ3v) is 3.40. The molecule has 0 rings (SSSR count). The van der Waals surface area contributed by atoms with Gasteiger partial charge in [0.2, 0.25) is 0 Å². The van der Waals surface area contributed by atoms with Crippen LogP contribution >= 0.6 is 11.8 Å². The number of aliphatic carboxylic acids is 1. The molecule has 0 radical (unpaired) electrons. The summed E-state index contributed by atoms with van der Waals surface area (Å²) in [6, 6.07) is 0.799. The molecule has 0 aliphatic carbocycles. The van der Waals surface area contributed by atoms with Crippen LogP contribution in [0, 0.1) is 11.3 Å². The standard InChI is InChI=1S/C14H24N4O3S/c1-18(2)7-4-6-16-10-11(9-15)13(19)17-12(14(20)21)5-8-22-3/h10,12,16H,4-8H2,1-3H3,(H,17,19)(H,20,21)/b11-10-. The van der Waals surface area contributed by atoms with Crippen LogP contribution < -0.4 is 10.6 Å². The van der Waals surface area contributed by atoms with Gasteiger partial charge in [0, 0.05) is 12.7 Å². The van der Waals surface area contributed by atoms with Crippen molar-refractivity contribution >= 4 is 23.6 Å². The summed E-state index contributed by atoms with van der Waals surface area (Å²) in [5, 5.41) is 23.3. The van der Waals surface area contributed by atoms with Crippen LogP contribution in [0.4, 0.5) is 0 Å². The van der Waals surface area contributed by atoms with Gasteiger partial charge in [-0.25, -0.2) is 4.79 Å². The van der Waals surface area contributed by atoms with Crippen LogP contribution in [-0.2, 0) is 9.59 Å². The minimum Gasteiger partial charge on any atom is -0.480 e. The van der Waals surface area contributed by atoms with E-state index in [1.807, 2.05) is 25.3 Å². The van der Waals surface area contributed by atoms with E-state index in [0.717, 1.165) is 13.0 Å². The van der Waals surface area contributed by atoms with Crippen molar-refractivity contribution in [2.75, 3.05) is 39.2 Å². The van der Waals surface area contributed by atoms with Crippen molar-refractivity contribution in [1.29, 1.82) is 5.26 Å². The van der Waals surface area contributed by atoms with Gasteiger partial charge >= 0.3 is 5.97 Å². The average molecular weight is 328 g/mol. The molecule has 1 amide bonds. The molecule has 0 aliphatic rings. The number of hydrogen-bond donors (Lipinski definition) is 3. The highest BCUT2D eigenvalue weighted by Crippen LogP contribution is 2.02. The van der Waals surface area contributed by atoms with Gasteiger partial charge in [0.05, 0.1) is 0 Å². The molecule has 1 atom stereocenters. The Kier molecular flexibility index (Phi) is 11.0. The number of carboxylic acids is 1. The molecule has 0 fully saturated rings. The maximum atomic E-state index is 11.9. The Morgan fingerprint density at radius 2 is 2.14 bits per heavy atom. The molecule has 0 aromatic heterocycles. The summed E-state index contributed by atoms with van der Waals surface area (Å²) in [5.74, 6) is -1.15. The maximum Gasteiger partial charge on any atom is 0.326 e. The quantitative estimate of drug-likeness (QED) is 0.284. The van der Waals surface area contributed by atoms with Crippen molar-refractivity contribution in [2.45, 2.75) is 18.9 Å². The fourth-order valence-corrected chi connectivity index (χ4v) is 2.02. The van der Waals surface area contributed by atoms with E-state index >= 15 is 0 Å². The third kappa shape index (κ3) is 9.26. The lowest BCUT2D eigenvalue weighted by Crippen LogP contribution is -2.41. The molecule has 124 valence electrons. The third-order valence-electron chi connectivity index (χ3n) is 2.75. The average Bonchev–Trinajstić information content (AvgIpc) is 2.46. The highest BCUT2D eigenvalue weighted by molar-refractivity contribution is 7.98. The number of carbonyl (C=O) groups excluding carboxylic acids is 1. The first-order valence-electron chi connectivity index (χ1n) is 6.93. The molecule has 0 aromatic carbocycles. The van der Waals surface area contributed by atoms with Gasteiger partial charge in [0.1, 0.15) is 17.7 Å². The number of hydrogen-bond acceptors (Lipinski definition) is 6. The summed E-state index contributed by atoms with van der Waals surface area (Å²) in [5.41, 5.74) is -0.125. The van der Waals surface area contributed by atoms with E-state index in [4.69, 9.17) is 10.4 Å². The molecule has 0 saturated carbocycles. The van der Waals surface area contributed by atoms with Gasteiger partial charge in [-0.05, 0) is 45.5 Å². The molecule has 0 bridgehead atoms. The van der Waals surface area contributed by atoms with E-state index in [1.165, 1.54) is 18.0 Å². The first-order chi connectivity index (χ1) is 10.4. The fourth-order valence-electron chi connectivity index (χ4n) is 1.55. The Morgan fingerprint density at radius 3 is 2.64 bits per heavy atom. The zero-order chi connectivity index (χ0) is 17.0. The number of carbonyl (C=O) groups is 2. The van der Waals surface area contributed by atoms with E-state index in [-0.39, 0.29) is 5.57 Å². The van der Waals surface area contributed by atoms with E-state index in [0.29, 0.717) is 18.7 Å². The lowest BCUT2D eigenvalue weighted by Gasteiger charge is -2.13. The van der Waals surface area contributed by atoms with Gasteiger partial charge in [-0.15, -0.1) is 0 Å². The Bertz CT molecular complexity index is 432. The van der Waals surface area contributed by atoms with Gasteiger partial charge in [0.15, 0.2) is 0 Å². The van der Waals surface area contributed by atoms with E-state index in [2.05, 4.69) is 10.6 Å². The molecule has 7 nitrogen and oxygen atoms in total. The molecule has 8 heteroatoms. The Labute approximate surface area is 135 Å². The maximum absolute atomic E-state index is 11.9. The second-order valence-corrected chi connectivity index (χ2v) is 5.91. The SMILES string of the molecule is CSCCC(NC(=O)/C(C#N)=C\NCCCN(C)C)C(=O)O. The second-order valence-electron chi connectivity index (χ2n) is 4.93. The second kappa shape index (κ2) is 11.9. The van der Waals surface area contributed by atoms with Crippen LogP contribution in [0.2, 0.25) is 0 Å². The minimum absolute atomic E-state index is 0.125. The molecule has 0 heterocycles. The van der Waals surface area contributed by atoms with Crippen LogP contribution in [0.25, 0.3) is 0 Å². The van der Waals surface area contributed by atoms with Crippen LogP contribution in [0.5, 0.6) is 0 Å². The number of nitrogens with one attached hydrogen (secondary N) is 2. The Morgan fingerprint density at radius 1 is 1.45 bits per heavy atom. The first-order valence-corrected chi connectivity index (χ1v) is 8.32. The van der Waals surface area contributed by atoms with Gasteiger partial charge in [-0.2, -0.15) is 17.0 Å². The van der Waals surface area contributed by atoms with Crippen LogP contribution in [0.3, 0.4) is 0 Å². The highest BCUT2D eigenvalue weighted by atomic mass is 32.2. The van der Waals surface area contributed by atoms with Crippen LogP contribution in [0.15, 0.2) is 11.8 Å². The number of thioether (sulfide) groups is 1. The highest BCUT2D eigenvalue weighted by Gasteiger charge is 2.21. The van der Waals surface area contributed by atoms with Crippen molar-refractivity contribution in [3.63, 3.8) is 0 Å². The normalized spacial score (nSPS) is 12.6. The smallest absolute Gasteiger partial charge is 0.326 e. The Hall–Kier alpha value is -1.72. The summed E-state index contributed by atoms with van der Waals surface area (Å²) in [7, 11) is 3.93. The van der Waals surface area contributed by atoms with Gasteiger partial charge < -0.3 is 20.6 Å². The van der Waals surface area contributed by atoms with Gasteiger partial charge in [0.25, 0.3) is 5.91 Å². The number of nitrogens with zero attached hydrogens (tertiary/aromatic N) is 2. The number of amides is 1. The molecule has 3 N–H and O–H groups in total. The summed E-state index contributed by atoms with van der Waals surface area (Å²) in [6.45, 7) is 1.52. The van der Waals surface area contributed by atoms with Gasteiger partial charge in [-0.3, -0.25) is 4.79 Å². The number of rotatable bonds is 11. The number of nitriles is 1. The summed E-state index contributed by atoms with van der Waals surface area (Å²) in [4.78, 5) is 25.0. The van der Waals surface area contributed by atoms with E-state index in [9.17, 15) is 9.59 Å². The minimum atomic E-state index is -1.10. The first kappa shape index (κ1) is 20.3. The monoisotopic (exact) mass is 328 g/mol. The summed E-state index contributed by atoms with van der Waals surface area (Å²) in [6.07, 6.45) is 4.38. The number of carboxylic acid groups (broad SMARTS) is 1. The summed E-state index contributed by atoms with van der Waals surface area (Å²) >= 11 is 1.50. The van der Waals surface area contributed by atoms with Crippen LogP contribution in [-0.4, -0.2) is 67.1 Å². The van der Waals surface area contributed by atoms with Gasteiger partial charge in [-0.1, -0.05) is 0 Å². The topological polar surface area (TPSA) is 105 Å². The molecule has 0 aromatic rings. The molecule has 1 unspecified atom stereocenters. The molecule has 22 heavy (non-hydrogen) atoms. The molecular formula is C14H24N4O3S. The van der Waals surface area contributed by atoms with E-state index in [1.54, 1.807) is 6.07 Å². The predicted molar refractivity (Wildman–Crippen MR) is 87.4 cm³/mol. The molecule has 0 saturated heterocycles. The van der Waals surface area contributed by atoms with Crippen LogP contribution in [0.1, 0.15) is 12.8 Å². The van der Waals surface area contributed by atoms with Crippen molar-refractivity contribution in [1.82, 2.24) is 15.5 Å².